The molecule has 0 spiro atoms. The summed E-state index contributed by atoms with van der Waals surface area (Å²) in [7, 11) is -3.71. The van der Waals surface area contributed by atoms with E-state index >= 15 is 0 Å². The number of aromatic nitrogens is 1. The van der Waals surface area contributed by atoms with Crippen molar-refractivity contribution in [3.63, 3.8) is 0 Å². The molecule has 0 amide bonds. The summed E-state index contributed by atoms with van der Waals surface area (Å²) >= 11 is 0. The van der Waals surface area contributed by atoms with E-state index in [-0.39, 0.29) is 10.6 Å². The van der Waals surface area contributed by atoms with Crippen LogP contribution in [-0.2, 0) is 16.4 Å². The predicted molar refractivity (Wildman–Crippen MR) is 75.3 cm³/mol. The Kier molecular flexibility index (Phi) is 3.71. The molecule has 0 unspecified atom stereocenters. The van der Waals surface area contributed by atoms with E-state index in [0.29, 0.717) is 5.69 Å². The molecule has 1 aromatic carbocycles. The second-order valence-electron chi connectivity index (χ2n) is 4.03. The molecule has 100 valence electrons. The number of pyridine rings is 1. The summed E-state index contributed by atoms with van der Waals surface area (Å²) in [5.41, 5.74) is 7.34. The molecule has 0 aliphatic carbocycles. The fourth-order valence-electron chi connectivity index (χ4n) is 1.74. The van der Waals surface area contributed by atoms with Gasteiger partial charge in [-0.1, -0.05) is 25.1 Å². The summed E-state index contributed by atoms with van der Waals surface area (Å²) in [6, 6.07) is 8.71. The molecule has 2 rings (SSSR count). The van der Waals surface area contributed by atoms with Crippen LogP contribution in [0, 0.1) is 0 Å². The minimum atomic E-state index is -3.71. The van der Waals surface area contributed by atoms with Crippen molar-refractivity contribution in [1.82, 2.24) is 4.98 Å². The van der Waals surface area contributed by atoms with Gasteiger partial charge < -0.3 is 5.73 Å². The number of para-hydroxylation sites is 1. The van der Waals surface area contributed by atoms with Gasteiger partial charge in [0.15, 0.2) is 0 Å². The van der Waals surface area contributed by atoms with Crippen molar-refractivity contribution in [3.8, 4) is 0 Å². The van der Waals surface area contributed by atoms with Gasteiger partial charge in [-0.15, -0.1) is 0 Å². The molecule has 2 aromatic rings. The van der Waals surface area contributed by atoms with Crippen LogP contribution in [0.5, 0.6) is 0 Å². The van der Waals surface area contributed by atoms with Crippen molar-refractivity contribution in [2.45, 2.75) is 18.2 Å². The highest BCUT2D eigenvalue weighted by atomic mass is 32.2. The molecule has 0 saturated heterocycles. The van der Waals surface area contributed by atoms with Crippen molar-refractivity contribution in [2.75, 3.05) is 10.5 Å². The van der Waals surface area contributed by atoms with Gasteiger partial charge in [-0.2, -0.15) is 0 Å². The average Bonchev–Trinajstić information content (AvgIpc) is 2.39. The molecule has 5 nitrogen and oxygen atoms in total. The first-order valence-corrected chi connectivity index (χ1v) is 7.33. The second kappa shape index (κ2) is 5.27. The van der Waals surface area contributed by atoms with Crippen molar-refractivity contribution >= 4 is 21.4 Å². The van der Waals surface area contributed by atoms with Crippen molar-refractivity contribution in [3.05, 3.63) is 48.3 Å². The van der Waals surface area contributed by atoms with Crippen LogP contribution in [0.25, 0.3) is 0 Å². The highest BCUT2D eigenvalue weighted by Crippen LogP contribution is 2.22. The predicted octanol–water partition coefficient (Wildman–Crippen LogP) is 2.03. The van der Waals surface area contributed by atoms with Crippen molar-refractivity contribution in [1.29, 1.82) is 0 Å². The Morgan fingerprint density at radius 1 is 1.26 bits per heavy atom. The Morgan fingerprint density at radius 2 is 2.00 bits per heavy atom. The number of hydrogen-bond donors (Lipinski definition) is 2. The van der Waals surface area contributed by atoms with Gasteiger partial charge in [0.1, 0.15) is 4.90 Å². The van der Waals surface area contributed by atoms with Crippen molar-refractivity contribution < 1.29 is 8.42 Å². The molecule has 0 saturated carbocycles. The Hall–Kier alpha value is -2.08. The first-order chi connectivity index (χ1) is 9.04. The normalized spacial score (nSPS) is 11.2. The molecule has 6 heteroatoms. The number of aryl methyl sites for hydroxylation is 1. The third-order valence-corrected chi connectivity index (χ3v) is 4.16. The summed E-state index contributed by atoms with van der Waals surface area (Å²) in [6.07, 6.45) is 3.43. The summed E-state index contributed by atoms with van der Waals surface area (Å²) in [5, 5.41) is 0. The Bertz CT molecular complexity index is 684. The van der Waals surface area contributed by atoms with Crippen LogP contribution in [0.3, 0.4) is 0 Å². The molecular weight excluding hydrogens is 262 g/mol. The topological polar surface area (TPSA) is 85.1 Å². The summed E-state index contributed by atoms with van der Waals surface area (Å²) in [5.74, 6) is 0. The van der Waals surface area contributed by atoms with E-state index in [9.17, 15) is 8.42 Å². The molecular formula is C13H15N3O2S. The van der Waals surface area contributed by atoms with Gasteiger partial charge in [-0.25, -0.2) is 8.42 Å². The number of hydrogen-bond acceptors (Lipinski definition) is 4. The number of nitrogens with zero attached hydrogens (tertiary/aromatic N) is 1. The van der Waals surface area contributed by atoms with Crippen LogP contribution in [0.2, 0.25) is 0 Å². The molecule has 0 aliphatic heterocycles. The molecule has 0 atom stereocenters. The van der Waals surface area contributed by atoms with Gasteiger partial charge in [-0.3, -0.25) is 9.71 Å². The van der Waals surface area contributed by atoms with E-state index in [1.807, 2.05) is 19.1 Å². The van der Waals surface area contributed by atoms with Gasteiger partial charge in [0.25, 0.3) is 10.0 Å². The van der Waals surface area contributed by atoms with E-state index in [0.717, 1.165) is 12.0 Å². The number of rotatable bonds is 4. The second-order valence-corrected chi connectivity index (χ2v) is 5.68. The first kappa shape index (κ1) is 13.4. The van der Waals surface area contributed by atoms with Crippen LogP contribution in [0.4, 0.5) is 11.4 Å². The standard InChI is InChI=1S/C13H15N3O2S/c1-2-10-5-3-4-6-12(10)16-19(17,18)13-9-15-8-7-11(13)14/h3-9,16H,2H2,1H3,(H2,14,15). The SMILES string of the molecule is CCc1ccccc1NS(=O)(=O)c1cnccc1N. The number of anilines is 2. The van der Waals surface area contributed by atoms with Crippen LogP contribution < -0.4 is 10.5 Å². The van der Waals surface area contributed by atoms with Crippen LogP contribution in [0.15, 0.2) is 47.6 Å². The lowest BCUT2D eigenvalue weighted by Gasteiger charge is -2.12. The third kappa shape index (κ3) is 2.85. The van der Waals surface area contributed by atoms with Gasteiger partial charge in [0.2, 0.25) is 0 Å². The van der Waals surface area contributed by atoms with Gasteiger partial charge in [0.05, 0.1) is 11.4 Å². The summed E-state index contributed by atoms with van der Waals surface area (Å²) in [4.78, 5) is 3.78. The maximum absolute atomic E-state index is 12.3. The van der Waals surface area contributed by atoms with E-state index in [4.69, 9.17) is 5.73 Å². The van der Waals surface area contributed by atoms with E-state index < -0.39 is 10.0 Å². The lowest BCUT2D eigenvalue weighted by Crippen LogP contribution is -2.16. The zero-order valence-corrected chi connectivity index (χ0v) is 11.3. The average molecular weight is 277 g/mol. The van der Waals surface area contributed by atoms with Gasteiger partial charge in [-0.05, 0) is 24.1 Å². The minimum absolute atomic E-state index is 0.0130. The summed E-state index contributed by atoms with van der Waals surface area (Å²) < 4.78 is 27.1. The largest absolute Gasteiger partial charge is 0.398 e. The molecule has 0 bridgehead atoms. The van der Waals surface area contributed by atoms with E-state index in [1.54, 1.807) is 12.1 Å². The van der Waals surface area contributed by atoms with E-state index in [2.05, 4.69) is 9.71 Å². The van der Waals surface area contributed by atoms with Crippen molar-refractivity contribution in [2.24, 2.45) is 0 Å². The fraction of sp³-hybridized carbons (Fsp3) is 0.154. The first-order valence-electron chi connectivity index (χ1n) is 5.85. The third-order valence-electron chi connectivity index (χ3n) is 2.75. The number of sulfonamides is 1. The fourth-order valence-corrected chi connectivity index (χ4v) is 2.92. The lowest BCUT2D eigenvalue weighted by atomic mass is 10.1. The quantitative estimate of drug-likeness (QED) is 0.895. The minimum Gasteiger partial charge on any atom is -0.398 e. The maximum atomic E-state index is 12.3. The number of nitrogens with two attached hydrogens (primary N) is 1. The lowest BCUT2D eigenvalue weighted by molar-refractivity contribution is 0.601. The molecule has 0 radical (unpaired) electrons. The highest BCUT2D eigenvalue weighted by Gasteiger charge is 2.18. The van der Waals surface area contributed by atoms with Crippen LogP contribution >= 0.6 is 0 Å². The van der Waals surface area contributed by atoms with Gasteiger partial charge in [0, 0.05) is 12.4 Å². The monoisotopic (exact) mass is 277 g/mol. The molecule has 3 N–H and O–H groups in total. The van der Waals surface area contributed by atoms with Gasteiger partial charge >= 0.3 is 0 Å². The van der Waals surface area contributed by atoms with Crippen LogP contribution in [0.1, 0.15) is 12.5 Å². The smallest absolute Gasteiger partial charge is 0.265 e. The zero-order chi connectivity index (χ0) is 13.9. The molecule has 0 aliphatic rings. The Morgan fingerprint density at radius 3 is 2.68 bits per heavy atom. The highest BCUT2D eigenvalue weighted by molar-refractivity contribution is 7.92. The zero-order valence-electron chi connectivity index (χ0n) is 10.5. The molecule has 0 fully saturated rings. The van der Waals surface area contributed by atoms with Crippen LogP contribution in [-0.4, -0.2) is 13.4 Å². The maximum Gasteiger partial charge on any atom is 0.265 e. The Labute approximate surface area is 112 Å². The van der Waals surface area contributed by atoms with E-state index in [1.165, 1.54) is 18.5 Å². The Balaban J connectivity index is 2.40. The molecule has 19 heavy (non-hydrogen) atoms. The summed E-state index contributed by atoms with van der Waals surface area (Å²) in [6.45, 7) is 1.96. The number of benzene rings is 1. The molecule has 1 aromatic heterocycles. The molecule has 1 heterocycles. The number of nitrogens with one attached hydrogen (secondary N) is 1. The number of nitrogen functional groups attached to an aromatic ring is 1.